The second-order valence-corrected chi connectivity index (χ2v) is 5.41. The van der Waals surface area contributed by atoms with Gasteiger partial charge >= 0.3 is 23.9 Å². The molecule has 0 aliphatic rings. The zero-order valence-corrected chi connectivity index (χ0v) is 15.1. The van der Waals surface area contributed by atoms with Crippen molar-refractivity contribution in [2.45, 2.75) is 38.9 Å². The molecule has 0 saturated heterocycles. The van der Waals surface area contributed by atoms with Gasteiger partial charge in [-0.05, 0) is 51.4 Å². The van der Waals surface area contributed by atoms with Crippen LogP contribution in [0, 0.1) is 23.7 Å². The second-order valence-electron chi connectivity index (χ2n) is 5.41. The summed E-state index contributed by atoms with van der Waals surface area (Å²) in [6.07, 6.45) is 0. The molecule has 0 radical (unpaired) electrons. The maximum Gasteiger partial charge on any atom is 0.449 e. The van der Waals surface area contributed by atoms with Gasteiger partial charge in [0.2, 0.25) is 0 Å². The van der Waals surface area contributed by atoms with Crippen LogP contribution in [-0.2, 0) is 48.2 Å². The summed E-state index contributed by atoms with van der Waals surface area (Å²) < 4.78 is 8.29. The Morgan fingerprint density at radius 1 is 0.615 bits per heavy atom. The number of rotatable bonds is 4. The molecule has 0 unspecified atom stereocenters. The summed E-state index contributed by atoms with van der Waals surface area (Å²) in [6.45, 7) is 5.80. The highest BCUT2D eigenvalue weighted by molar-refractivity contribution is 6.29. The molecule has 142 valence electrons. The smallest absolute Gasteiger partial charge is 0.449 e. The van der Waals surface area contributed by atoms with Crippen LogP contribution in [-0.4, -0.2) is 49.3 Å². The minimum Gasteiger partial charge on any atom is -0.461 e. The average molecular weight is 370 g/mol. The first-order chi connectivity index (χ1) is 11.9. The highest BCUT2D eigenvalue weighted by atomic mass is 17.2. The fourth-order valence-corrected chi connectivity index (χ4v) is 0.924. The first-order valence-electron chi connectivity index (χ1n) is 6.94. The molecule has 0 spiro atoms. The summed E-state index contributed by atoms with van der Waals surface area (Å²) in [6, 6.07) is 0. The molecule has 10 heteroatoms. The lowest BCUT2D eigenvalue weighted by molar-refractivity contribution is -0.308. The van der Waals surface area contributed by atoms with Crippen molar-refractivity contribution >= 4 is 23.9 Å². The molecular weight excluding hydrogens is 352 g/mol. The monoisotopic (exact) mass is 370 g/mol. The van der Waals surface area contributed by atoms with Crippen LogP contribution in [0.2, 0.25) is 0 Å². The highest BCUT2D eigenvalue weighted by Crippen LogP contribution is 2.09. The summed E-state index contributed by atoms with van der Waals surface area (Å²) in [4.78, 5) is 61.9. The van der Waals surface area contributed by atoms with E-state index in [0.717, 1.165) is 14.2 Å². The second kappa shape index (κ2) is 10.0. The number of methoxy groups -OCH3 is 2. The molecule has 0 aromatic heterocycles. The van der Waals surface area contributed by atoms with Gasteiger partial charge in [-0.1, -0.05) is 0 Å². The summed E-state index contributed by atoms with van der Waals surface area (Å²) >= 11 is 0. The van der Waals surface area contributed by atoms with Crippen molar-refractivity contribution in [3.8, 4) is 23.7 Å². The molecule has 0 amide bonds. The Morgan fingerprint density at radius 3 is 1.19 bits per heavy atom. The van der Waals surface area contributed by atoms with Gasteiger partial charge in [-0.15, -0.1) is 0 Å². The van der Waals surface area contributed by atoms with E-state index >= 15 is 0 Å². The molecule has 0 heterocycles. The van der Waals surface area contributed by atoms with Crippen molar-refractivity contribution in [2.75, 3.05) is 14.2 Å². The van der Waals surface area contributed by atoms with Crippen molar-refractivity contribution in [3.05, 3.63) is 0 Å². The third-order valence-corrected chi connectivity index (χ3v) is 2.15. The van der Waals surface area contributed by atoms with Crippen LogP contribution < -0.4 is 0 Å². The number of carbonyl (C=O) groups is 4. The van der Waals surface area contributed by atoms with Crippen LogP contribution in [0.25, 0.3) is 0 Å². The molecule has 0 rings (SSSR count). The lowest BCUT2D eigenvalue weighted by atomic mass is 10.1. The third kappa shape index (κ3) is 9.27. The summed E-state index contributed by atoms with van der Waals surface area (Å²) in [5.41, 5.74) is -2.55. The number of hydrogen-bond donors (Lipinski definition) is 0. The lowest BCUT2D eigenvalue weighted by Crippen LogP contribution is -2.28. The van der Waals surface area contributed by atoms with Crippen molar-refractivity contribution in [3.63, 3.8) is 0 Å². The fourth-order valence-electron chi connectivity index (χ4n) is 0.924. The Morgan fingerprint density at radius 2 is 0.923 bits per heavy atom. The van der Waals surface area contributed by atoms with Gasteiger partial charge in [-0.2, -0.15) is 9.78 Å². The molecule has 0 N–H and O–H groups in total. The average Bonchev–Trinajstić information content (AvgIpc) is 2.60. The Bertz CT molecular complexity index is 621. The van der Waals surface area contributed by atoms with Gasteiger partial charge in [0.15, 0.2) is 11.2 Å². The third-order valence-electron chi connectivity index (χ3n) is 2.15. The van der Waals surface area contributed by atoms with Crippen LogP contribution in [0.1, 0.15) is 27.7 Å². The van der Waals surface area contributed by atoms with E-state index in [-0.39, 0.29) is 0 Å². The molecule has 26 heavy (non-hydrogen) atoms. The summed E-state index contributed by atoms with van der Waals surface area (Å²) in [7, 11) is 2.02. The van der Waals surface area contributed by atoms with E-state index in [9.17, 15) is 19.2 Å². The summed E-state index contributed by atoms with van der Waals surface area (Å²) in [5.74, 6) is 4.75. The van der Waals surface area contributed by atoms with E-state index < -0.39 is 35.1 Å². The molecule has 0 saturated carbocycles. The molecule has 0 aliphatic carbocycles. The van der Waals surface area contributed by atoms with E-state index in [0.29, 0.717) is 0 Å². The molecule has 0 atom stereocenters. The standard InChI is InChI=1S/C16H18O10/c1-15(2,25-23-13(19)11(17)21-5)9-7-8-10-16(3,4)26-24-14(20)12(18)22-6/h1-6H3. The first-order valence-corrected chi connectivity index (χ1v) is 6.94. The molecule has 0 aromatic rings. The predicted octanol–water partition coefficient (Wildman–Crippen LogP) is -0.154. The Kier molecular flexibility index (Phi) is 8.85. The zero-order chi connectivity index (χ0) is 20.4. The Balaban J connectivity index is 4.69. The molecular formula is C16H18O10. The van der Waals surface area contributed by atoms with E-state index in [2.05, 4.69) is 42.9 Å². The normalized spacial score (nSPS) is 10.2. The number of esters is 2. The van der Waals surface area contributed by atoms with Gasteiger partial charge in [0.1, 0.15) is 0 Å². The van der Waals surface area contributed by atoms with Crippen LogP contribution in [0.3, 0.4) is 0 Å². The molecule has 0 aliphatic heterocycles. The lowest BCUT2D eigenvalue weighted by Gasteiger charge is -2.15. The van der Waals surface area contributed by atoms with Gasteiger partial charge in [0.25, 0.3) is 0 Å². The minimum absolute atomic E-state index is 1.01. The van der Waals surface area contributed by atoms with Gasteiger partial charge in [0, 0.05) is 0 Å². The number of ether oxygens (including phenoxy) is 2. The molecule has 0 fully saturated rings. The quantitative estimate of drug-likeness (QED) is 0.217. The SMILES string of the molecule is COC(=O)C(=O)OOC(C)(C)C#CC#CC(C)(C)OOC(=O)C(=O)OC. The topological polar surface area (TPSA) is 124 Å². The Labute approximate surface area is 149 Å². The molecule has 10 nitrogen and oxygen atoms in total. The number of hydrogen-bond acceptors (Lipinski definition) is 10. The van der Waals surface area contributed by atoms with E-state index in [1.54, 1.807) is 0 Å². The maximum atomic E-state index is 11.1. The zero-order valence-electron chi connectivity index (χ0n) is 15.1. The van der Waals surface area contributed by atoms with Gasteiger partial charge < -0.3 is 9.47 Å². The maximum absolute atomic E-state index is 11.1. The van der Waals surface area contributed by atoms with E-state index in [1.807, 2.05) is 0 Å². The van der Waals surface area contributed by atoms with Crippen molar-refractivity contribution in [1.29, 1.82) is 0 Å². The van der Waals surface area contributed by atoms with Crippen LogP contribution in [0.5, 0.6) is 0 Å². The minimum atomic E-state index is -1.34. The van der Waals surface area contributed by atoms with E-state index in [4.69, 9.17) is 9.78 Å². The van der Waals surface area contributed by atoms with Crippen molar-refractivity contribution in [2.24, 2.45) is 0 Å². The fraction of sp³-hybridized carbons (Fsp3) is 0.500. The Hall–Kier alpha value is -3.08. The largest absolute Gasteiger partial charge is 0.461 e. The molecule has 0 aromatic carbocycles. The molecule has 0 bridgehead atoms. The van der Waals surface area contributed by atoms with E-state index in [1.165, 1.54) is 27.7 Å². The highest BCUT2D eigenvalue weighted by Gasteiger charge is 2.25. The van der Waals surface area contributed by atoms with Crippen LogP contribution in [0.4, 0.5) is 0 Å². The van der Waals surface area contributed by atoms with Gasteiger partial charge in [-0.25, -0.2) is 19.2 Å². The van der Waals surface area contributed by atoms with Crippen LogP contribution in [0.15, 0.2) is 0 Å². The van der Waals surface area contributed by atoms with Crippen LogP contribution >= 0.6 is 0 Å². The number of carbonyl (C=O) groups excluding carboxylic acids is 4. The van der Waals surface area contributed by atoms with Crippen molar-refractivity contribution in [1.82, 2.24) is 0 Å². The van der Waals surface area contributed by atoms with Gasteiger partial charge in [-0.3, -0.25) is 9.78 Å². The summed E-state index contributed by atoms with van der Waals surface area (Å²) in [5, 5.41) is 0. The predicted molar refractivity (Wildman–Crippen MR) is 82.1 cm³/mol. The van der Waals surface area contributed by atoms with Crippen molar-refractivity contribution < 1.29 is 48.2 Å². The first kappa shape index (κ1) is 22.9. The van der Waals surface area contributed by atoms with Gasteiger partial charge in [0.05, 0.1) is 14.2 Å².